The van der Waals surface area contributed by atoms with E-state index in [0.717, 1.165) is 11.1 Å². The van der Waals surface area contributed by atoms with E-state index in [2.05, 4.69) is 9.97 Å². The first kappa shape index (κ1) is 11.3. The number of hydrogen-bond acceptors (Lipinski definition) is 3. The van der Waals surface area contributed by atoms with Crippen LogP contribution in [0.4, 0.5) is 0 Å². The number of hydrogen-bond donors (Lipinski definition) is 1. The summed E-state index contributed by atoms with van der Waals surface area (Å²) in [4.78, 5) is 8.23. The Labute approximate surface area is 100 Å². The molecule has 3 nitrogen and oxygen atoms in total. The Morgan fingerprint density at radius 1 is 1.24 bits per heavy atom. The summed E-state index contributed by atoms with van der Waals surface area (Å²) in [5, 5.41) is 9.99. The van der Waals surface area contributed by atoms with Crippen molar-refractivity contribution in [1.82, 2.24) is 9.97 Å². The van der Waals surface area contributed by atoms with Gasteiger partial charge in [0.15, 0.2) is 0 Å². The highest BCUT2D eigenvalue weighted by Crippen LogP contribution is 2.15. The largest absolute Gasteiger partial charge is 0.507 e. The Kier molecular flexibility index (Phi) is 3.19. The van der Waals surface area contributed by atoms with Crippen LogP contribution in [0.3, 0.4) is 0 Å². The van der Waals surface area contributed by atoms with Crippen LogP contribution in [0.1, 0.15) is 22.6 Å². The molecular formula is C14H14N2O. The van der Waals surface area contributed by atoms with E-state index in [0.29, 0.717) is 11.5 Å². The fraction of sp³-hybridized carbons (Fsp3) is 0.143. The molecule has 3 heteroatoms. The number of benzene rings is 1. The van der Waals surface area contributed by atoms with Crippen LogP contribution in [0, 0.1) is 13.8 Å². The standard InChI is InChI=1S/C14H14N2O/c1-10-4-3-5-12(8-10)14(17)9-13-6-7-15-11(2)16-13/h3-9,17H,1-2H3/b14-9-. The molecule has 2 rings (SSSR count). The molecule has 0 saturated carbocycles. The fourth-order valence-corrected chi connectivity index (χ4v) is 1.58. The molecule has 0 aliphatic carbocycles. The van der Waals surface area contributed by atoms with E-state index in [-0.39, 0.29) is 5.76 Å². The van der Waals surface area contributed by atoms with Gasteiger partial charge in [0.1, 0.15) is 11.6 Å². The molecular weight excluding hydrogens is 212 g/mol. The first-order valence-electron chi connectivity index (χ1n) is 5.42. The summed E-state index contributed by atoms with van der Waals surface area (Å²) in [7, 11) is 0. The Bertz CT molecular complexity index is 562. The molecule has 1 heterocycles. The van der Waals surface area contributed by atoms with Gasteiger partial charge in [-0.1, -0.05) is 23.8 Å². The fourth-order valence-electron chi connectivity index (χ4n) is 1.58. The van der Waals surface area contributed by atoms with Crippen molar-refractivity contribution in [3.8, 4) is 0 Å². The molecule has 0 fully saturated rings. The van der Waals surface area contributed by atoms with Crippen LogP contribution >= 0.6 is 0 Å². The van der Waals surface area contributed by atoms with Crippen molar-refractivity contribution in [3.05, 3.63) is 59.2 Å². The Hall–Kier alpha value is -2.16. The average molecular weight is 226 g/mol. The van der Waals surface area contributed by atoms with E-state index in [1.54, 1.807) is 18.3 Å². The summed E-state index contributed by atoms with van der Waals surface area (Å²) in [5.41, 5.74) is 2.61. The molecule has 0 bridgehead atoms. The van der Waals surface area contributed by atoms with Gasteiger partial charge in [-0.25, -0.2) is 9.97 Å². The van der Waals surface area contributed by atoms with E-state index < -0.39 is 0 Å². The topological polar surface area (TPSA) is 46.0 Å². The molecule has 0 amide bonds. The third kappa shape index (κ3) is 2.91. The third-order valence-corrected chi connectivity index (χ3v) is 2.40. The monoisotopic (exact) mass is 226 g/mol. The zero-order valence-corrected chi connectivity index (χ0v) is 9.88. The molecule has 0 aliphatic rings. The van der Waals surface area contributed by atoms with Gasteiger partial charge in [0.25, 0.3) is 0 Å². The molecule has 0 unspecified atom stereocenters. The van der Waals surface area contributed by atoms with E-state index in [4.69, 9.17) is 0 Å². The van der Waals surface area contributed by atoms with E-state index >= 15 is 0 Å². The first-order chi connectivity index (χ1) is 8.15. The lowest BCUT2D eigenvalue weighted by Gasteiger charge is -2.02. The molecule has 0 atom stereocenters. The molecule has 1 aromatic heterocycles. The summed E-state index contributed by atoms with van der Waals surface area (Å²) in [6.07, 6.45) is 3.32. The minimum Gasteiger partial charge on any atom is -0.507 e. The van der Waals surface area contributed by atoms with Gasteiger partial charge in [-0.2, -0.15) is 0 Å². The highest BCUT2D eigenvalue weighted by molar-refractivity contribution is 5.75. The second-order valence-electron chi connectivity index (χ2n) is 3.93. The van der Waals surface area contributed by atoms with Crippen molar-refractivity contribution in [3.63, 3.8) is 0 Å². The lowest BCUT2D eigenvalue weighted by Crippen LogP contribution is -1.90. The van der Waals surface area contributed by atoms with Crippen molar-refractivity contribution < 1.29 is 5.11 Å². The summed E-state index contributed by atoms with van der Waals surface area (Å²) in [6.45, 7) is 3.81. The minimum atomic E-state index is 0.215. The molecule has 2 aromatic rings. The molecule has 0 radical (unpaired) electrons. The summed E-state index contributed by atoms with van der Waals surface area (Å²) < 4.78 is 0. The van der Waals surface area contributed by atoms with Crippen molar-refractivity contribution >= 4 is 11.8 Å². The minimum absolute atomic E-state index is 0.215. The highest BCUT2D eigenvalue weighted by atomic mass is 16.3. The number of aromatic nitrogens is 2. The first-order valence-corrected chi connectivity index (χ1v) is 5.42. The van der Waals surface area contributed by atoms with Gasteiger partial charge in [-0.3, -0.25) is 0 Å². The number of aliphatic hydroxyl groups excluding tert-OH is 1. The number of nitrogens with zero attached hydrogens (tertiary/aromatic N) is 2. The van der Waals surface area contributed by atoms with Crippen LogP contribution in [-0.4, -0.2) is 15.1 Å². The van der Waals surface area contributed by atoms with Crippen LogP contribution in [0.5, 0.6) is 0 Å². The van der Waals surface area contributed by atoms with Crippen molar-refractivity contribution in [1.29, 1.82) is 0 Å². The molecule has 0 spiro atoms. The SMILES string of the molecule is Cc1cccc(/C(O)=C/c2ccnc(C)n2)c1. The maximum atomic E-state index is 9.99. The molecule has 17 heavy (non-hydrogen) atoms. The maximum Gasteiger partial charge on any atom is 0.125 e. The predicted octanol–water partition coefficient (Wildman–Crippen LogP) is 3.15. The van der Waals surface area contributed by atoms with Gasteiger partial charge in [0, 0.05) is 17.8 Å². The second kappa shape index (κ2) is 4.78. The summed E-state index contributed by atoms with van der Waals surface area (Å²) in [5.74, 6) is 0.905. The molecule has 86 valence electrons. The quantitative estimate of drug-likeness (QED) is 0.800. The van der Waals surface area contributed by atoms with E-state index in [9.17, 15) is 5.11 Å². The predicted molar refractivity (Wildman–Crippen MR) is 68.4 cm³/mol. The summed E-state index contributed by atoms with van der Waals surface area (Å²) >= 11 is 0. The zero-order chi connectivity index (χ0) is 12.3. The Balaban J connectivity index is 2.34. The second-order valence-corrected chi connectivity index (χ2v) is 3.93. The average Bonchev–Trinajstić information content (AvgIpc) is 2.29. The zero-order valence-electron chi connectivity index (χ0n) is 9.88. The van der Waals surface area contributed by atoms with Gasteiger partial charge < -0.3 is 5.11 Å². The number of aryl methyl sites for hydroxylation is 2. The van der Waals surface area contributed by atoms with Crippen LogP contribution in [0.2, 0.25) is 0 Å². The van der Waals surface area contributed by atoms with Crippen LogP contribution < -0.4 is 0 Å². The van der Waals surface area contributed by atoms with Crippen LogP contribution in [0.25, 0.3) is 11.8 Å². The molecule has 1 aromatic carbocycles. The van der Waals surface area contributed by atoms with E-state index in [1.165, 1.54) is 0 Å². The van der Waals surface area contributed by atoms with Crippen molar-refractivity contribution in [2.24, 2.45) is 0 Å². The van der Waals surface area contributed by atoms with Crippen LogP contribution in [-0.2, 0) is 0 Å². The molecule has 0 saturated heterocycles. The normalized spacial score (nSPS) is 11.5. The van der Waals surface area contributed by atoms with Gasteiger partial charge in [-0.05, 0) is 26.0 Å². The van der Waals surface area contributed by atoms with Gasteiger partial charge in [-0.15, -0.1) is 0 Å². The Morgan fingerprint density at radius 2 is 2.06 bits per heavy atom. The van der Waals surface area contributed by atoms with Gasteiger partial charge in [0.05, 0.1) is 5.69 Å². The number of rotatable bonds is 2. The Morgan fingerprint density at radius 3 is 2.76 bits per heavy atom. The highest BCUT2D eigenvalue weighted by Gasteiger charge is 2.00. The summed E-state index contributed by atoms with van der Waals surface area (Å²) in [6, 6.07) is 9.47. The van der Waals surface area contributed by atoms with Gasteiger partial charge in [0.2, 0.25) is 0 Å². The van der Waals surface area contributed by atoms with Gasteiger partial charge >= 0.3 is 0 Å². The smallest absolute Gasteiger partial charge is 0.125 e. The lowest BCUT2D eigenvalue weighted by atomic mass is 10.1. The van der Waals surface area contributed by atoms with E-state index in [1.807, 2.05) is 38.1 Å². The number of aliphatic hydroxyl groups is 1. The molecule has 1 N–H and O–H groups in total. The maximum absolute atomic E-state index is 9.99. The van der Waals surface area contributed by atoms with Crippen LogP contribution in [0.15, 0.2) is 36.5 Å². The molecule has 0 aliphatic heterocycles. The van der Waals surface area contributed by atoms with Crippen molar-refractivity contribution in [2.45, 2.75) is 13.8 Å². The third-order valence-electron chi connectivity index (χ3n) is 2.40. The lowest BCUT2D eigenvalue weighted by molar-refractivity contribution is 0.515. The van der Waals surface area contributed by atoms with Crippen molar-refractivity contribution in [2.75, 3.05) is 0 Å².